The average Bonchev–Trinajstić information content (AvgIpc) is 2.46. The van der Waals surface area contributed by atoms with E-state index in [0.29, 0.717) is 19.6 Å². The first kappa shape index (κ1) is 13.5. The SMILES string of the molecule is CCOC(=O)C(C(C)C)C1(O)CCN(C)C1. The number of hydrogen-bond acceptors (Lipinski definition) is 4. The summed E-state index contributed by atoms with van der Waals surface area (Å²) < 4.78 is 5.06. The molecule has 1 N–H and O–H groups in total. The van der Waals surface area contributed by atoms with Crippen molar-refractivity contribution in [2.45, 2.75) is 32.8 Å². The number of ether oxygens (including phenoxy) is 1. The maximum absolute atomic E-state index is 11.9. The number of esters is 1. The average molecular weight is 229 g/mol. The second kappa shape index (κ2) is 5.15. The zero-order valence-electron chi connectivity index (χ0n) is 10.7. The van der Waals surface area contributed by atoms with E-state index in [2.05, 4.69) is 4.90 Å². The molecule has 2 atom stereocenters. The molecule has 0 aromatic heterocycles. The molecular formula is C12H23NO3. The topological polar surface area (TPSA) is 49.8 Å². The normalized spacial score (nSPS) is 28.4. The van der Waals surface area contributed by atoms with Crippen molar-refractivity contribution in [2.75, 3.05) is 26.7 Å². The van der Waals surface area contributed by atoms with Gasteiger partial charge in [0.25, 0.3) is 0 Å². The van der Waals surface area contributed by atoms with E-state index >= 15 is 0 Å². The minimum Gasteiger partial charge on any atom is -0.466 e. The van der Waals surface area contributed by atoms with Gasteiger partial charge in [-0.25, -0.2) is 0 Å². The summed E-state index contributed by atoms with van der Waals surface area (Å²) in [5, 5.41) is 10.5. The van der Waals surface area contributed by atoms with Gasteiger partial charge in [-0.3, -0.25) is 4.79 Å². The van der Waals surface area contributed by atoms with E-state index in [-0.39, 0.29) is 11.9 Å². The van der Waals surface area contributed by atoms with Crippen molar-refractivity contribution >= 4 is 5.97 Å². The van der Waals surface area contributed by atoms with E-state index in [1.54, 1.807) is 6.92 Å². The molecule has 4 nitrogen and oxygen atoms in total. The van der Waals surface area contributed by atoms with Crippen LogP contribution in [-0.4, -0.2) is 48.3 Å². The molecule has 0 aliphatic carbocycles. The minimum absolute atomic E-state index is 0.0931. The highest BCUT2D eigenvalue weighted by molar-refractivity contribution is 5.74. The summed E-state index contributed by atoms with van der Waals surface area (Å²) in [6.07, 6.45) is 0.644. The lowest BCUT2D eigenvalue weighted by Gasteiger charge is -2.33. The highest BCUT2D eigenvalue weighted by Gasteiger charge is 2.47. The van der Waals surface area contributed by atoms with Crippen LogP contribution in [0.1, 0.15) is 27.2 Å². The van der Waals surface area contributed by atoms with Crippen molar-refractivity contribution in [3.05, 3.63) is 0 Å². The maximum atomic E-state index is 11.9. The fourth-order valence-corrected chi connectivity index (χ4v) is 2.61. The van der Waals surface area contributed by atoms with E-state index in [1.165, 1.54) is 0 Å². The highest BCUT2D eigenvalue weighted by Crippen LogP contribution is 2.34. The fraction of sp³-hybridized carbons (Fsp3) is 0.917. The molecule has 2 unspecified atom stereocenters. The molecule has 0 saturated carbocycles. The van der Waals surface area contributed by atoms with Crippen molar-refractivity contribution < 1.29 is 14.6 Å². The molecule has 1 fully saturated rings. The van der Waals surface area contributed by atoms with Gasteiger partial charge >= 0.3 is 5.97 Å². The summed E-state index contributed by atoms with van der Waals surface area (Å²) >= 11 is 0. The summed E-state index contributed by atoms with van der Waals surface area (Å²) in [6.45, 7) is 7.46. The van der Waals surface area contributed by atoms with Gasteiger partial charge in [0.15, 0.2) is 0 Å². The number of aliphatic hydroxyl groups is 1. The minimum atomic E-state index is -0.921. The quantitative estimate of drug-likeness (QED) is 0.727. The molecule has 16 heavy (non-hydrogen) atoms. The van der Waals surface area contributed by atoms with Crippen LogP contribution in [0.15, 0.2) is 0 Å². The Morgan fingerprint density at radius 3 is 2.56 bits per heavy atom. The predicted molar refractivity (Wildman–Crippen MR) is 62.0 cm³/mol. The zero-order valence-corrected chi connectivity index (χ0v) is 10.7. The lowest BCUT2D eigenvalue weighted by molar-refractivity contribution is -0.160. The van der Waals surface area contributed by atoms with Crippen LogP contribution in [-0.2, 0) is 9.53 Å². The fourth-order valence-electron chi connectivity index (χ4n) is 2.61. The van der Waals surface area contributed by atoms with Gasteiger partial charge in [0.2, 0.25) is 0 Å². The number of likely N-dealkylation sites (tertiary alicyclic amines) is 1. The van der Waals surface area contributed by atoms with Crippen LogP contribution in [0.2, 0.25) is 0 Å². The molecule has 0 amide bonds. The summed E-state index contributed by atoms with van der Waals surface area (Å²) in [6, 6.07) is 0. The first-order chi connectivity index (χ1) is 7.40. The van der Waals surface area contributed by atoms with Crippen LogP contribution in [0, 0.1) is 11.8 Å². The van der Waals surface area contributed by atoms with Crippen LogP contribution in [0.3, 0.4) is 0 Å². The molecule has 1 aliphatic heterocycles. The van der Waals surface area contributed by atoms with E-state index < -0.39 is 11.5 Å². The molecule has 0 bridgehead atoms. The van der Waals surface area contributed by atoms with Gasteiger partial charge in [-0.05, 0) is 26.3 Å². The van der Waals surface area contributed by atoms with Crippen LogP contribution >= 0.6 is 0 Å². The Kier molecular flexibility index (Phi) is 4.33. The molecule has 1 aliphatic rings. The molecule has 0 aromatic rings. The molecule has 0 spiro atoms. The molecule has 94 valence electrons. The molecule has 1 heterocycles. The molecule has 1 rings (SSSR count). The smallest absolute Gasteiger partial charge is 0.312 e. The van der Waals surface area contributed by atoms with E-state index in [1.807, 2.05) is 20.9 Å². The molecule has 4 heteroatoms. The molecule has 0 aromatic carbocycles. The number of β-amino-alcohol motifs (C(OH)–C–C–N with tert-alkyl or cyclic N) is 1. The van der Waals surface area contributed by atoms with Crippen LogP contribution < -0.4 is 0 Å². The first-order valence-electron chi connectivity index (χ1n) is 5.98. The Hall–Kier alpha value is -0.610. The Labute approximate surface area is 97.6 Å². The second-order valence-electron chi connectivity index (χ2n) is 5.07. The van der Waals surface area contributed by atoms with Crippen LogP contribution in [0.4, 0.5) is 0 Å². The summed E-state index contributed by atoms with van der Waals surface area (Å²) in [5.74, 6) is -0.594. The number of rotatable bonds is 4. The third kappa shape index (κ3) is 2.74. The zero-order chi connectivity index (χ0) is 12.3. The number of nitrogens with zero attached hydrogens (tertiary/aromatic N) is 1. The molecular weight excluding hydrogens is 206 g/mol. The molecule has 0 radical (unpaired) electrons. The Morgan fingerprint density at radius 2 is 2.19 bits per heavy atom. The Morgan fingerprint density at radius 1 is 1.56 bits per heavy atom. The van der Waals surface area contributed by atoms with Gasteiger partial charge in [-0.15, -0.1) is 0 Å². The summed E-state index contributed by atoms with van der Waals surface area (Å²) in [4.78, 5) is 13.9. The van der Waals surface area contributed by atoms with Crippen molar-refractivity contribution in [1.82, 2.24) is 4.90 Å². The lowest BCUT2D eigenvalue weighted by Crippen LogP contribution is -2.47. The monoisotopic (exact) mass is 229 g/mol. The van der Waals surface area contributed by atoms with Crippen molar-refractivity contribution in [2.24, 2.45) is 11.8 Å². The third-order valence-corrected chi connectivity index (χ3v) is 3.26. The standard InChI is InChI=1S/C12H23NO3/c1-5-16-11(14)10(9(2)3)12(15)6-7-13(4)8-12/h9-10,15H,5-8H2,1-4H3. The van der Waals surface area contributed by atoms with Crippen LogP contribution in [0.5, 0.6) is 0 Å². The predicted octanol–water partition coefficient (Wildman–Crippen LogP) is 0.888. The van der Waals surface area contributed by atoms with Gasteiger partial charge < -0.3 is 14.7 Å². The van der Waals surface area contributed by atoms with Crippen molar-refractivity contribution in [3.63, 3.8) is 0 Å². The van der Waals surface area contributed by atoms with Gasteiger partial charge in [0, 0.05) is 13.1 Å². The summed E-state index contributed by atoms with van der Waals surface area (Å²) in [5.41, 5.74) is -0.921. The van der Waals surface area contributed by atoms with E-state index in [4.69, 9.17) is 4.74 Å². The van der Waals surface area contributed by atoms with Gasteiger partial charge in [0.05, 0.1) is 18.1 Å². The van der Waals surface area contributed by atoms with E-state index in [9.17, 15) is 9.90 Å². The number of carbonyl (C=O) groups excluding carboxylic acids is 1. The van der Waals surface area contributed by atoms with Gasteiger partial charge in [0.1, 0.15) is 0 Å². The van der Waals surface area contributed by atoms with E-state index in [0.717, 1.165) is 6.54 Å². The Bertz CT molecular complexity index is 255. The van der Waals surface area contributed by atoms with Crippen LogP contribution in [0.25, 0.3) is 0 Å². The molecule has 1 saturated heterocycles. The second-order valence-corrected chi connectivity index (χ2v) is 5.07. The lowest BCUT2D eigenvalue weighted by atomic mass is 9.79. The van der Waals surface area contributed by atoms with Crippen molar-refractivity contribution in [1.29, 1.82) is 0 Å². The first-order valence-corrected chi connectivity index (χ1v) is 5.98. The number of likely N-dealkylation sites (N-methyl/N-ethyl adjacent to an activating group) is 1. The maximum Gasteiger partial charge on any atom is 0.312 e. The third-order valence-electron chi connectivity index (χ3n) is 3.26. The highest BCUT2D eigenvalue weighted by atomic mass is 16.5. The van der Waals surface area contributed by atoms with Gasteiger partial charge in [-0.1, -0.05) is 13.8 Å². The largest absolute Gasteiger partial charge is 0.466 e. The van der Waals surface area contributed by atoms with Crippen molar-refractivity contribution in [3.8, 4) is 0 Å². The van der Waals surface area contributed by atoms with Gasteiger partial charge in [-0.2, -0.15) is 0 Å². The Balaban J connectivity index is 2.81. The number of hydrogen-bond donors (Lipinski definition) is 1. The summed E-state index contributed by atoms with van der Waals surface area (Å²) in [7, 11) is 1.96. The number of carbonyl (C=O) groups is 1.